The van der Waals surface area contributed by atoms with Crippen LogP contribution in [0.1, 0.15) is 52.4 Å². The van der Waals surface area contributed by atoms with E-state index in [9.17, 15) is 4.79 Å². The first-order valence-electron chi connectivity index (χ1n) is 7.02. The van der Waals surface area contributed by atoms with Crippen molar-refractivity contribution in [2.24, 2.45) is 5.73 Å². The van der Waals surface area contributed by atoms with Crippen molar-refractivity contribution in [3.8, 4) is 0 Å². The Bertz CT molecular complexity index is 434. The molecule has 7 heteroatoms. The molecule has 0 aliphatic rings. The number of hydrogen-bond acceptors (Lipinski definition) is 6. The molecule has 0 radical (unpaired) electrons. The van der Waals surface area contributed by atoms with Crippen LogP contribution < -0.4 is 5.73 Å². The van der Waals surface area contributed by atoms with Gasteiger partial charge in [-0.05, 0) is 27.2 Å². The zero-order chi connectivity index (χ0) is 15.1. The van der Waals surface area contributed by atoms with Gasteiger partial charge >= 0.3 is 5.97 Å². The quantitative estimate of drug-likeness (QED) is 0.585. The van der Waals surface area contributed by atoms with E-state index in [4.69, 9.17) is 10.5 Å². The Morgan fingerprint density at radius 1 is 1.40 bits per heavy atom. The molecule has 1 aromatic rings. The van der Waals surface area contributed by atoms with Gasteiger partial charge in [-0.3, -0.25) is 4.79 Å². The predicted octanol–water partition coefficient (Wildman–Crippen LogP) is 2.14. The molecule has 0 saturated heterocycles. The third-order valence-corrected chi connectivity index (χ3v) is 3.98. The van der Waals surface area contributed by atoms with E-state index in [1.54, 1.807) is 0 Å². The molecule has 1 rings (SSSR count). The van der Waals surface area contributed by atoms with Gasteiger partial charge in [0.25, 0.3) is 0 Å². The van der Waals surface area contributed by atoms with Crippen LogP contribution in [0.4, 0.5) is 0 Å². The largest absolute Gasteiger partial charge is 0.465 e. The van der Waals surface area contributed by atoms with Gasteiger partial charge in [-0.2, -0.15) is 0 Å². The van der Waals surface area contributed by atoms with Crippen molar-refractivity contribution in [2.75, 3.05) is 6.61 Å². The molecule has 1 atom stereocenters. The lowest BCUT2D eigenvalue weighted by Gasteiger charge is -2.17. The number of aromatic nitrogens is 3. The average Bonchev–Trinajstić information content (AvgIpc) is 2.81. The SMILES string of the molecule is CCCC(Sc1nnc(CN)n1C(C)C)C(=O)OCC. The highest BCUT2D eigenvalue weighted by Crippen LogP contribution is 2.28. The molecular formula is C13H24N4O2S. The molecule has 0 amide bonds. The zero-order valence-corrected chi connectivity index (χ0v) is 13.4. The molecule has 1 heterocycles. The highest BCUT2D eigenvalue weighted by atomic mass is 32.2. The summed E-state index contributed by atoms with van der Waals surface area (Å²) in [6, 6.07) is 0.204. The molecule has 114 valence electrons. The van der Waals surface area contributed by atoms with E-state index < -0.39 is 0 Å². The maximum absolute atomic E-state index is 12.0. The molecular weight excluding hydrogens is 276 g/mol. The Balaban J connectivity index is 2.93. The van der Waals surface area contributed by atoms with Crippen molar-refractivity contribution in [2.45, 2.75) is 63.5 Å². The molecule has 0 aliphatic heterocycles. The number of thioether (sulfide) groups is 1. The van der Waals surface area contributed by atoms with Gasteiger partial charge in [-0.1, -0.05) is 25.1 Å². The summed E-state index contributed by atoms with van der Waals surface area (Å²) in [5.74, 6) is 0.550. The van der Waals surface area contributed by atoms with E-state index >= 15 is 0 Å². The first kappa shape index (κ1) is 17.0. The van der Waals surface area contributed by atoms with Crippen LogP contribution in [0.25, 0.3) is 0 Å². The summed E-state index contributed by atoms with van der Waals surface area (Å²) in [5.41, 5.74) is 5.67. The number of hydrogen-bond donors (Lipinski definition) is 1. The molecule has 0 fully saturated rings. The highest BCUT2D eigenvalue weighted by molar-refractivity contribution is 8.00. The van der Waals surface area contributed by atoms with Crippen LogP contribution in [0.5, 0.6) is 0 Å². The van der Waals surface area contributed by atoms with Crippen LogP contribution in [-0.2, 0) is 16.1 Å². The monoisotopic (exact) mass is 300 g/mol. The van der Waals surface area contributed by atoms with Crippen LogP contribution in [0.2, 0.25) is 0 Å². The molecule has 0 saturated carbocycles. The zero-order valence-electron chi connectivity index (χ0n) is 12.6. The highest BCUT2D eigenvalue weighted by Gasteiger charge is 2.24. The molecule has 0 bridgehead atoms. The molecule has 1 aromatic heterocycles. The van der Waals surface area contributed by atoms with E-state index in [1.165, 1.54) is 11.8 Å². The van der Waals surface area contributed by atoms with Crippen LogP contribution in [0.15, 0.2) is 5.16 Å². The molecule has 0 spiro atoms. The predicted molar refractivity (Wildman–Crippen MR) is 79.5 cm³/mol. The molecule has 6 nitrogen and oxygen atoms in total. The Labute approximate surface area is 124 Å². The summed E-state index contributed by atoms with van der Waals surface area (Å²) in [6.07, 6.45) is 1.67. The van der Waals surface area contributed by atoms with E-state index in [0.717, 1.165) is 23.8 Å². The first-order chi connectivity index (χ1) is 9.54. The number of nitrogens with two attached hydrogens (primary N) is 1. The number of nitrogens with zero attached hydrogens (tertiary/aromatic N) is 3. The second kappa shape index (κ2) is 8.26. The third kappa shape index (κ3) is 4.21. The molecule has 0 aliphatic carbocycles. The Hall–Kier alpha value is -1.08. The van der Waals surface area contributed by atoms with Gasteiger partial charge in [-0.15, -0.1) is 10.2 Å². The number of rotatable bonds is 8. The van der Waals surface area contributed by atoms with Crippen molar-refractivity contribution in [3.63, 3.8) is 0 Å². The van der Waals surface area contributed by atoms with E-state index in [2.05, 4.69) is 10.2 Å². The van der Waals surface area contributed by atoms with Crippen molar-refractivity contribution >= 4 is 17.7 Å². The Kier molecular flexibility index (Phi) is 7.01. The number of carbonyl (C=O) groups is 1. The summed E-state index contributed by atoms with van der Waals surface area (Å²) < 4.78 is 7.10. The van der Waals surface area contributed by atoms with Crippen LogP contribution >= 0.6 is 11.8 Å². The van der Waals surface area contributed by atoms with Crippen LogP contribution in [0, 0.1) is 0 Å². The lowest BCUT2D eigenvalue weighted by atomic mass is 10.2. The van der Waals surface area contributed by atoms with E-state index in [1.807, 2.05) is 32.3 Å². The van der Waals surface area contributed by atoms with Gasteiger partial charge in [0.05, 0.1) is 13.2 Å². The van der Waals surface area contributed by atoms with Crippen LogP contribution in [0.3, 0.4) is 0 Å². The summed E-state index contributed by atoms with van der Waals surface area (Å²) in [5, 5.41) is 8.74. The number of esters is 1. The molecule has 1 unspecified atom stereocenters. The minimum Gasteiger partial charge on any atom is -0.465 e. The summed E-state index contributed by atoms with van der Waals surface area (Å²) in [4.78, 5) is 12.0. The second-order valence-corrected chi connectivity index (χ2v) is 5.88. The maximum Gasteiger partial charge on any atom is 0.319 e. The van der Waals surface area contributed by atoms with E-state index in [0.29, 0.717) is 13.2 Å². The topological polar surface area (TPSA) is 83.0 Å². The Morgan fingerprint density at radius 3 is 2.60 bits per heavy atom. The smallest absolute Gasteiger partial charge is 0.319 e. The van der Waals surface area contributed by atoms with Gasteiger partial charge < -0.3 is 15.0 Å². The van der Waals surface area contributed by atoms with Crippen LogP contribution in [-0.4, -0.2) is 32.6 Å². The van der Waals surface area contributed by atoms with Gasteiger partial charge in [-0.25, -0.2) is 0 Å². The maximum atomic E-state index is 12.0. The summed E-state index contributed by atoms with van der Waals surface area (Å²) in [7, 11) is 0. The summed E-state index contributed by atoms with van der Waals surface area (Å²) in [6.45, 7) is 8.69. The van der Waals surface area contributed by atoms with Crippen molar-refractivity contribution in [1.29, 1.82) is 0 Å². The fourth-order valence-corrected chi connectivity index (χ4v) is 3.19. The second-order valence-electron chi connectivity index (χ2n) is 4.71. The lowest BCUT2D eigenvalue weighted by Crippen LogP contribution is -2.21. The van der Waals surface area contributed by atoms with Crippen molar-refractivity contribution < 1.29 is 9.53 Å². The number of carbonyl (C=O) groups excluding carboxylic acids is 1. The minimum atomic E-state index is -0.243. The lowest BCUT2D eigenvalue weighted by molar-refractivity contribution is -0.142. The fourth-order valence-electron chi connectivity index (χ4n) is 1.90. The van der Waals surface area contributed by atoms with Crippen molar-refractivity contribution in [3.05, 3.63) is 5.82 Å². The minimum absolute atomic E-state index is 0.188. The normalized spacial score (nSPS) is 12.7. The van der Waals surface area contributed by atoms with Gasteiger partial charge in [0.2, 0.25) is 0 Å². The first-order valence-corrected chi connectivity index (χ1v) is 7.90. The number of ether oxygens (including phenoxy) is 1. The third-order valence-electron chi connectivity index (χ3n) is 2.78. The molecule has 0 aromatic carbocycles. The van der Waals surface area contributed by atoms with Gasteiger partial charge in [0.15, 0.2) is 5.16 Å². The fraction of sp³-hybridized carbons (Fsp3) is 0.769. The average molecular weight is 300 g/mol. The van der Waals surface area contributed by atoms with E-state index in [-0.39, 0.29) is 17.3 Å². The van der Waals surface area contributed by atoms with Gasteiger partial charge in [0.1, 0.15) is 11.1 Å². The van der Waals surface area contributed by atoms with Gasteiger partial charge in [0, 0.05) is 6.04 Å². The Morgan fingerprint density at radius 2 is 2.10 bits per heavy atom. The molecule has 2 N–H and O–H groups in total. The summed E-state index contributed by atoms with van der Waals surface area (Å²) >= 11 is 1.41. The standard InChI is InChI=1S/C13H24N4O2S/c1-5-7-10(12(18)19-6-2)20-13-16-15-11(8-14)17(13)9(3)4/h9-10H,5-8,14H2,1-4H3. The van der Waals surface area contributed by atoms with Crippen molar-refractivity contribution in [1.82, 2.24) is 14.8 Å². The molecule has 20 heavy (non-hydrogen) atoms.